The Bertz CT molecular complexity index is 601. The molecule has 0 radical (unpaired) electrons. The molecule has 4 nitrogen and oxygen atoms in total. The van der Waals surface area contributed by atoms with Gasteiger partial charge in [-0.15, -0.1) is 11.8 Å². The van der Waals surface area contributed by atoms with Gasteiger partial charge < -0.3 is 10.1 Å². The van der Waals surface area contributed by atoms with Gasteiger partial charge in [-0.3, -0.25) is 4.99 Å². The number of rotatable bonds is 5. The summed E-state index contributed by atoms with van der Waals surface area (Å²) in [5.41, 5.74) is 1.67. The van der Waals surface area contributed by atoms with Crippen molar-refractivity contribution in [3.05, 3.63) is 35.4 Å². The van der Waals surface area contributed by atoms with Gasteiger partial charge in [0, 0.05) is 11.7 Å². The number of carbonyl (C=O) groups is 1. The highest BCUT2D eigenvalue weighted by Crippen LogP contribution is 2.18. The van der Waals surface area contributed by atoms with Crippen molar-refractivity contribution in [1.82, 2.24) is 5.32 Å². The number of thioether (sulfide) groups is 1. The average Bonchev–Trinajstić information content (AvgIpc) is 2.45. The molecule has 1 aromatic carbocycles. The van der Waals surface area contributed by atoms with Gasteiger partial charge in [0.15, 0.2) is 0 Å². The lowest BCUT2D eigenvalue weighted by Gasteiger charge is -2.22. The number of hydrogen-bond donors (Lipinski definition) is 1. The van der Waals surface area contributed by atoms with E-state index >= 15 is 0 Å². The van der Waals surface area contributed by atoms with Crippen LogP contribution < -0.4 is 5.32 Å². The van der Waals surface area contributed by atoms with Crippen LogP contribution in [-0.4, -0.2) is 37.2 Å². The molecule has 0 aromatic heterocycles. The Labute approximate surface area is 157 Å². The van der Waals surface area contributed by atoms with Crippen LogP contribution in [0.3, 0.4) is 0 Å². The molecule has 0 aliphatic heterocycles. The fourth-order valence-electron chi connectivity index (χ4n) is 2.06. The highest BCUT2D eigenvalue weighted by Gasteiger charge is 2.18. The van der Waals surface area contributed by atoms with E-state index in [2.05, 4.69) is 43.3 Å². The van der Waals surface area contributed by atoms with Crippen LogP contribution in [0.4, 0.5) is 4.79 Å². The second-order valence-corrected chi connectivity index (χ2v) is 14.6. The number of benzene rings is 1. The molecule has 1 amide bonds. The quantitative estimate of drug-likeness (QED) is 0.431. The van der Waals surface area contributed by atoms with Crippen LogP contribution in [0.5, 0.6) is 0 Å². The summed E-state index contributed by atoms with van der Waals surface area (Å²) in [5, 5.41) is 3.94. The van der Waals surface area contributed by atoms with E-state index in [0.717, 1.165) is 22.3 Å². The van der Waals surface area contributed by atoms with Crippen LogP contribution in [0.25, 0.3) is 0 Å². The van der Waals surface area contributed by atoms with Gasteiger partial charge in [-0.1, -0.05) is 43.9 Å². The topological polar surface area (TPSA) is 50.7 Å². The molecule has 0 heterocycles. The maximum absolute atomic E-state index is 11.9. The molecule has 6 heteroatoms. The molecule has 0 aliphatic rings. The number of nitrogens with one attached hydrogen (secondary N) is 1. The van der Waals surface area contributed by atoms with Crippen LogP contribution in [-0.2, 0) is 4.74 Å². The number of nitrogens with zero attached hydrogens (tertiary/aromatic N) is 1. The fraction of sp³-hybridized carbons (Fsp3) is 0.579. The van der Waals surface area contributed by atoms with Crippen LogP contribution in [0.2, 0.25) is 19.6 Å². The van der Waals surface area contributed by atoms with E-state index in [4.69, 9.17) is 9.73 Å². The van der Waals surface area contributed by atoms with Gasteiger partial charge in [0.25, 0.3) is 0 Å². The molecule has 25 heavy (non-hydrogen) atoms. The standard InChI is InChI=1S/C19H32N2O2SSi/c1-14(21-18(22)23-19(2,3)4)15-9-11-16(12-10-15)17(24-5)20-13-25(6,7)8/h9-12,14H,13H2,1-8H3,(H,21,22). The minimum Gasteiger partial charge on any atom is -0.444 e. The smallest absolute Gasteiger partial charge is 0.408 e. The first kappa shape index (κ1) is 21.8. The molecule has 1 rings (SSSR count). The van der Waals surface area contributed by atoms with Crippen molar-refractivity contribution in [2.45, 2.75) is 59.0 Å². The summed E-state index contributed by atoms with van der Waals surface area (Å²) in [6.45, 7) is 14.5. The van der Waals surface area contributed by atoms with Crippen LogP contribution in [0.15, 0.2) is 29.3 Å². The summed E-state index contributed by atoms with van der Waals surface area (Å²) in [7, 11) is -1.20. The van der Waals surface area contributed by atoms with Crippen molar-refractivity contribution in [3.8, 4) is 0 Å². The number of carbonyl (C=O) groups excluding carboxylic acids is 1. The highest BCUT2D eigenvalue weighted by atomic mass is 32.2. The molecule has 0 spiro atoms. The molecule has 1 N–H and O–H groups in total. The lowest BCUT2D eigenvalue weighted by Crippen LogP contribution is -2.34. The van der Waals surface area contributed by atoms with Gasteiger partial charge in [-0.05, 0) is 39.5 Å². The van der Waals surface area contributed by atoms with Crippen molar-refractivity contribution in [2.24, 2.45) is 4.99 Å². The highest BCUT2D eigenvalue weighted by molar-refractivity contribution is 8.13. The fourth-order valence-corrected chi connectivity index (χ4v) is 3.38. The third-order valence-corrected chi connectivity index (χ3v) is 5.14. The molecule has 0 bridgehead atoms. The molecule has 0 saturated heterocycles. The molecular formula is C19H32N2O2SSi. The second-order valence-electron chi connectivity index (χ2n) is 8.38. The zero-order valence-corrected chi connectivity index (χ0v) is 18.6. The van der Waals surface area contributed by atoms with Gasteiger partial charge in [-0.25, -0.2) is 4.79 Å². The summed E-state index contributed by atoms with van der Waals surface area (Å²) in [6, 6.07) is 8.11. The monoisotopic (exact) mass is 380 g/mol. The lowest BCUT2D eigenvalue weighted by atomic mass is 10.1. The molecule has 0 aliphatic carbocycles. The third kappa shape index (κ3) is 8.58. The number of amides is 1. The predicted molar refractivity (Wildman–Crippen MR) is 112 cm³/mol. The predicted octanol–water partition coefficient (Wildman–Crippen LogP) is 5.26. The van der Waals surface area contributed by atoms with Crippen LogP contribution >= 0.6 is 11.8 Å². The Morgan fingerprint density at radius 2 is 1.80 bits per heavy atom. The van der Waals surface area contributed by atoms with Crippen molar-refractivity contribution in [2.75, 3.05) is 12.4 Å². The van der Waals surface area contributed by atoms with Gasteiger partial charge in [0.2, 0.25) is 0 Å². The molecular weight excluding hydrogens is 348 g/mol. The molecule has 1 unspecified atom stereocenters. The summed E-state index contributed by atoms with van der Waals surface area (Å²) < 4.78 is 5.30. The minimum absolute atomic E-state index is 0.111. The van der Waals surface area contributed by atoms with E-state index in [1.165, 1.54) is 0 Å². The van der Waals surface area contributed by atoms with Crippen molar-refractivity contribution in [3.63, 3.8) is 0 Å². The van der Waals surface area contributed by atoms with Crippen LogP contribution in [0.1, 0.15) is 44.9 Å². The largest absolute Gasteiger partial charge is 0.444 e. The first-order chi connectivity index (χ1) is 11.4. The Morgan fingerprint density at radius 1 is 1.24 bits per heavy atom. The van der Waals surface area contributed by atoms with E-state index in [0.29, 0.717) is 0 Å². The number of aliphatic imine (C=N–C) groups is 1. The zero-order valence-electron chi connectivity index (χ0n) is 16.8. The number of ether oxygens (including phenoxy) is 1. The summed E-state index contributed by atoms with van der Waals surface area (Å²) in [4.78, 5) is 16.7. The molecule has 0 saturated carbocycles. The molecule has 0 fully saturated rings. The maximum atomic E-state index is 11.9. The Hall–Kier alpha value is -1.27. The lowest BCUT2D eigenvalue weighted by molar-refractivity contribution is 0.0508. The molecule has 140 valence electrons. The Morgan fingerprint density at radius 3 is 2.24 bits per heavy atom. The first-order valence-corrected chi connectivity index (χ1v) is 13.5. The van der Waals surface area contributed by atoms with Crippen LogP contribution in [0, 0.1) is 0 Å². The van der Waals surface area contributed by atoms with Crippen molar-refractivity contribution >= 4 is 31.0 Å². The Kier molecular flexibility index (Phi) is 7.75. The normalized spacial score (nSPS) is 14.2. The zero-order chi connectivity index (χ0) is 19.3. The first-order valence-electron chi connectivity index (χ1n) is 8.59. The number of hydrogen-bond acceptors (Lipinski definition) is 4. The third-order valence-electron chi connectivity index (χ3n) is 3.28. The van der Waals surface area contributed by atoms with E-state index in [1.807, 2.05) is 39.8 Å². The van der Waals surface area contributed by atoms with Crippen molar-refractivity contribution in [1.29, 1.82) is 0 Å². The molecule has 1 atom stereocenters. The van der Waals surface area contributed by atoms with Gasteiger partial charge >= 0.3 is 6.09 Å². The van der Waals surface area contributed by atoms with E-state index < -0.39 is 19.8 Å². The summed E-state index contributed by atoms with van der Waals surface area (Å²) >= 11 is 1.68. The van der Waals surface area contributed by atoms with E-state index in [1.54, 1.807) is 11.8 Å². The van der Waals surface area contributed by atoms with Gasteiger partial charge in [0.1, 0.15) is 5.60 Å². The van der Waals surface area contributed by atoms with Gasteiger partial charge in [0.05, 0.1) is 19.2 Å². The van der Waals surface area contributed by atoms with E-state index in [-0.39, 0.29) is 6.04 Å². The average molecular weight is 381 g/mol. The van der Waals surface area contributed by atoms with Gasteiger partial charge in [-0.2, -0.15) is 0 Å². The summed E-state index contributed by atoms with van der Waals surface area (Å²) in [5.74, 6) is 0. The minimum atomic E-state index is -1.20. The van der Waals surface area contributed by atoms with E-state index in [9.17, 15) is 4.79 Å². The maximum Gasteiger partial charge on any atom is 0.408 e. The Balaban J connectivity index is 2.79. The number of alkyl carbamates (subject to hydrolysis) is 1. The second kappa shape index (κ2) is 8.90. The molecule has 1 aromatic rings. The van der Waals surface area contributed by atoms with Crippen molar-refractivity contribution < 1.29 is 9.53 Å². The SMILES string of the molecule is CSC(=NC[Si](C)(C)C)c1ccc(C(C)NC(=O)OC(C)(C)C)cc1. The summed E-state index contributed by atoms with van der Waals surface area (Å²) in [6.07, 6.45) is 2.59.